The molecule has 1 aromatic heterocycles. The van der Waals surface area contributed by atoms with Crippen molar-refractivity contribution >= 4 is 68.7 Å². The molecule has 0 spiro atoms. The van der Waals surface area contributed by atoms with Crippen LogP contribution in [0.2, 0.25) is 0 Å². The highest BCUT2D eigenvalue weighted by Gasteiger charge is 2.20. The second-order valence-corrected chi connectivity index (χ2v) is 13.2. The van der Waals surface area contributed by atoms with Crippen molar-refractivity contribution in [2.75, 3.05) is 24.9 Å². The third-order valence-corrected chi connectivity index (χ3v) is 10.00. The van der Waals surface area contributed by atoms with Gasteiger partial charge in [0.05, 0.1) is 19.5 Å². The molecule has 3 N–H and O–H groups in total. The van der Waals surface area contributed by atoms with Gasteiger partial charge in [-0.3, -0.25) is 14.4 Å². The van der Waals surface area contributed by atoms with Gasteiger partial charge in [-0.15, -0.1) is 11.8 Å². The molecule has 10 heteroatoms. The van der Waals surface area contributed by atoms with Crippen LogP contribution in [0.15, 0.2) is 126 Å². The SMILES string of the molecule is CCC(Sc1cccc(NC(=O)/C(=C\c2ccc(OC)c(OC)c2)NC(=O)c2ccccc2)c1)C(=O)Nc1ccc2c(c1)c1ccccc1n2CC. The Labute approximate surface area is 307 Å². The Hall–Kier alpha value is -6.00. The lowest BCUT2D eigenvalue weighted by molar-refractivity contribution is -0.116. The molecular formula is C42H40N4O5S. The molecule has 0 aliphatic heterocycles. The smallest absolute Gasteiger partial charge is 0.272 e. The van der Waals surface area contributed by atoms with Gasteiger partial charge in [-0.05, 0) is 91.7 Å². The zero-order valence-electron chi connectivity index (χ0n) is 29.4. The highest BCUT2D eigenvalue weighted by molar-refractivity contribution is 8.00. The lowest BCUT2D eigenvalue weighted by atomic mass is 10.1. The Morgan fingerprint density at radius 1 is 0.731 bits per heavy atom. The summed E-state index contributed by atoms with van der Waals surface area (Å²) >= 11 is 1.42. The first-order chi connectivity index (χ1) is 25.3. The number of ether oxygens (including phenoxy) is 2. The minimum absolute atomic E-state index is 0.0315. The molecule has 1 atom stereocenters. The largest absolute Gasteiger partial charge is 0.493 e. The van der Waals surface area contributed by atoms with Crippen LogP contribution in [0.5, 0.6) is 11.5 Å². The van der Waals surface area contributed by atoms with Crippen LogP contribution in [-0.4, -0.2) is 41.8 Å². The summed E-state index contributed by atoms with van der Waals surface area (Å²) in [5, 5.41) is 10.7. The predicted molar refractivity (Wildman–Crippen MR) is 210 cm³/mol. The number of thioether (sulfide) groups is 1. The van der Waals surface area contributed by atoms with Gasteiger partial charge in [-0.1, -0.05) is 55.5 Å². The summed E-state index contributed by atoms with van der Waals surface area (Å²) in [5.41, 5.74) is 4.60. The molecule has 1 unspecified atom stereocenters. The molecule has 5 aromatic carbocycles. The van der Waals surface area contributed by atoms with E-state index >= 15 is 0 Å². The Kier molecular flexibility index (Phi) is 11.3. The molecule has 1 heterocycles. The van der Waals surface area contributed by atoms with Gasteiger partial charge in [0.2, 0.25) is 5.91 Å². The summed E-state index contributed by atoms with van der Waals surface area (Å²) < 4.78 is 13.1. The van der Waals surface area contributed by atoms with Crippen LogP contribution < -0.4 is 25.4 Å². The number of carbonyl (C=O) groups excluding carboxylic acids is 3. The van der Waals surface area contributed by atoms with Gasteiger partial charge in [0.1, 0.15) is 5.70 Å². The van der Waals surface area contributed by atoms with Crippen molar-refractivity contribution < 1.29 is 23.9 Å². The quantitative estimate of drug-likeness (QED) is 0.0816. The van der Waals surface area contributed by atoms with E-state index in [0.717, 1.165) is 33.4 Å². The number of amides is 3. The van der Waals surface area contributed by atoms with Crippen molar-refractivity contribution in [3.05, 3.63) is 132 Å². The molecule has 0 saturated carbocycles. The van der Waals surface area contributed by atoms with Crippen molar-refractivity contribution in [3.8, 4) is 11.5 Å². The van der Waals surface area contributed by atoms with Gasteiger partial charge in [-0.25, -0.2) is 0 Å². The van der Waals surface area contributed by atoms with E-state index in [2.05, 4.69) is 45.6 Å². The lowest BCUT2D eigenvalue weighted by Gasteiger charge is -2.16. The van der Waals surface area contributed by atoms with Crippen LogP contribution in [0.25, 0.3) is 27.9 Å². The molecule has 6 rings (SSSR count). The zero-order valence-corrected chi connectivity index (χ0v) is 30.3. The van der Waals surface area contributed by atoms with Crippen LogP contribution in [-0.2, 0) is 16.1 Å². The van der Waals surface area contributed by atoms with Gasteiger partial charge in [0, 0.05) is 50.2 Å². The first-order valence-electron chi connectivity index (χ1n) is 17.0. The molecule has 0 bridgehead atoms. The van der Waals surface area contributed by atoms with Gasteiger partial charge < -0.3 is 30.0 Å². The van der Waals surface area contributed by atoms with E-state index in [1.54, 1.807) is 61.7 Å². The fraction of sp³-hybridized carbons (Fsp3) is 0.167. The third kappa shape index (κ3) is 7.98. The van der Waals surface area contributed by atoms with Crippen LogP contribution >= 0.6 is 11.8 Å². The summed E-state index contributed by atoms with van der Waals surface area (Å²) in [5.74, 6) is -0.0445. The summed E-state index contributed by atoms with van der Waals surface area (Å²) in [4.78, 5) is 41.3. The van der Waals surface area contributed by atoms with Gasteiger partial charge in [-0.2, -0.15) is 0 Å². The zero-order chi connectivity index (χ0) is 36.6. The molecule has 6 aromatic rings. The summed E-state index contributed by atoms with van der Waals surface area (Å²) in [6, 6.07) is 35.5. The number of benzene rings is 5. The molecule has 9 nitrogen and oxygen atoms in total. The topological polar surface area (TPSA) is 111 Å². The molecule has 3 amide bonds. The molecule has 0 aliphatic carbocycles. The number of anilines is 2. The predicted octanol–water partition coefficient (Wildman–Crippen LogP) is 8.75. The number of nitrogens with zero attached hydrogens (tertiary/aromatic N) is 1. The van der Waals surface area contributed by atoms with E-state index in [1.807, 2.05) is 55.5 Å². The fourth-order valence-corrected chi connectivity index (χ4v) is 7.09. The molecule has 0 fully saturated rings. The van der Waals surface area contributed by atoms with Crippen LogP contribution in [0.4, 0.5) is 11.4 Å². The van der Waals surface area contributed by atoms with E-state index in [0.29, 0.717) is 34.7 Å². The first kappa shape index (κ1) is 35.8. The average Bonchev–Trinajstić information content (AvgIpc) is 3.49. The average molecular weight is 713 g/mol. The summed E-state index contributed by atoms with van der Waals surface area (Å²) in [7, 11) is 3.07. The first-order valence-corrected chi connectivity index (χ1v) is 17.9. The van der Waals surface area contributed by atoms with Crippen LogP contribution in [0.3, 0.4) is 0 Å². The molecule has 52 heavy (non-hydrogen) atoms. The van der Waals surface area contributed by atoms with E-state index < -0.39 is 11.8 Å². The Morgan fingerprint density at radius 3 is 2.21 bits per heavy atom. The molecule has 0 saturated heterocycles. The van der Waals surface area contributed by atoms with Crippen molar-refractivity contribution in [1.29, 1.82) is 0 Å². The number of fused-ring (bicyclic) bond motifs is 3. The number of hydrogen-bond acceptors (Lipinski definition) is 6. The van der Waals surface area contributed by atoms with E-state index in [-0.39, 0.29) is 16.9 Å². The maximum atomic E-state index is 13.7. The number of rotatable bonds is 13. The van der Waals surface area contributed by atoms with E-state index in [9.17, 15) is 14.4 Å². The molecule has 264 valence electrons. The highest BCUT2D eigenvalue weighted by atomic mass is 32.2. The summed E-state index contributed by atoms with van der Waals surface area (Å²) in [6.07, 6.45) is 2.17. The minimum Gasteiger partial charge on any atom is -0.493 e. The van der Waals surface area contributed by atoms with E-state index in [1.165, 1.54) is 24.4 Å². The number of aryl methyl sites for hydroxylation is 1. The number of para-hydroxylation sites is 1. The van der Waals surface area contributed by atoms with E-state index in [4.69, 9.17) is 9.47 Å². The lowest BCUT2D eigenvalue weighted by Crippen LogP contribution is -2.30. The molecule has 0 aliphatic rings. The second-order valence-electron chi connectivity index (χ2n) is 12.0. The van der Waals surface area contributed by atoms with Gasteiger partial charge in [0.15, 0.2) is 11.5 Å². The second kappa shape index (κ2) is 16.3. The monoisotopic (exact) mass is 712 g/mol. The molecule has 0 radical (unpaired) electrons. The Morgan fingerprint density at radius 2 is 1.46 bits per heavy atom. The van der Waals surface area contributed by atoms with Crippen molar-refractivity contribution in [3.63, 3.8) is 0 Å². The number of carbonyl (C=O) groups is 3. The summed E-state index contributed by atoms with van der Waals surface area (Å²) in [6.45, 7) is 4.95. The standard InChI is InChI=1S/C42H40N4O5S/c1-5-39(42(49)44-30-20-21-36-33(26-30)32-17-10-11-18-35(32)46(36)6-2)52-31-16-12-15-29(25-31)43-41(48)34(45-40(47)28-13-8-7-9-14-28)23-27-19-22-37(50-3)38(24-27)51-4/h7-26,39H,5-6H2,1-4H3,(H,43,48)(H,44,49)(H,45,47)/b34-23+. The molecular weight excluding hydrogens is 673 g/mol. The number of methoxy groups -OCH3 is 2. The van der Waals surface area contributed by atoms with Crippen LogP contribution in [0.1, 0.15) is 36.2 Å². The van der Waals surface area contributed by atoms with Crippen molar-refractivity contribution in [2.45, 2.75) is 37.0 Å². The Bertz CT molecular complexity index is 2280. The number of nitrogens with one attached hydrogen (secondary N) is 3. The number of hydrogen-bond donors (Lipinski definition) is 3. The maximum absolute atomic E-state index is 13.7. The van der Waals surface area contributed by atoms with Gasteiger partial charge >= 0.3 is 0 Å². The minimum atomic E-state index is -0.522. The van der Waals surface area contributed by atoms with Crippen molar-refractivity contribution in [2.24, 2.45) is 0 Å². The van der Waals surface area contributed by atoms with Crippen molar-refractivity contribution in [1.82, 2.24) is 9.88 Å². The van der Waals surface area contributed by atoms with Crippen LogP contribution in [0, 0.1) is 0 Å². The third-order valence-electron chi connectivity index (χ3n) is 8.64. The maximum Gasteiger partial charge on any atom is 0.272 e. The fourth-order valence-electron chi connectivity index (χ4n) is 6.08. The van der Waals surface area contributed by atoms with Gasteiger partial charge in [0.25, 0.3) is 11.8 Å². The Balaban J connectivity index is 1.19. The highest BCUT2D eigenvalue weighted by Crippen LogP contribution is 2.33. The normalized spacial score (nSPS) is 12.0. The number of aromatic nitrogens is 1.